The summed E-state index contributed by atoms with van der Waals surface area (Å²) in [5.41, 5.74) is 1.17. The van der Waals surface area contributed by atoms with Crippen LogP contribution in [0.4, 0.5) is 15.8 Å². The van der Waals surface area contributed by atoms with Gasteiger partial charge in [0.05, 0.1) is 11.3 Å². The second kappa shape index (κ2) is 6.39. The van der Waals surface area contributed by atoms with Gasteiger partial charge in [0.1, 0.15) is 5.82 Å². The van der Waals surface area contributed by atoms with Crippen molar-refractivity contribution in [2.45, 2.75) is 6.92 Å². The molecule has 0 aliphatic carbocycles. The van der Waals surface area contributed by atoms with Crippen LogP contribution in [0.5, 0.6) is 0 Å². The van der Waals surface area contributed by atoms with E-state index in [1.807, 2.05) is 6.92 Å². The Hall–Kier alpha value is -2.07. The van der Waals surface area contributed by atoms with Crippen molar-refractivity contribution >= 4 is 28.9 Å². The van der Waals surface area contributed by atoms with Crippen LogP contribution in [0.1, 0.15) is 17.3 Å². The van der Waals surface area contributed by atoms with Crippen LogP contribution in [0.3, 0.4) is 0 Å². The number of rotatable bonds is 4. The van der Waals surface area contributed by atoms with Crippen molar-refractivity contribution in [1.29, 1.82) is 0 Å². The quantitative estimate of drug-likeness (QED) is 0.888. The minimum absolute atomic E-state index is 0.139. The van der Waals surface area contributed by atoms with E-state index in [9.17, 15) is 9.18 Å². The number of anilines is 2. The lowest BCUT2D eigenvalue weighted by atomic mass is 10.1. The van der Waals surface area contributed by atoms with Gasteiger partial charge in [-0.05, 0) is 37.3 Å². The number of hydrogen-bond acceptors (Lipinski definition) is 2. The van der Waals surface area contributed by atoms with Gasteiger partial charge in [-0.1, -0.05) is 23.7 Å². The Balaban J connectivity index is 2.29. The summed E-state index contributed by atoms with van der Waals surface area (Å²) >= 11 is 5.91. The highest BCUT2D eigenvalue weighted by atomic mass is 35.5. The van der Waals surface area contributed by atoms with E-state index in [2.05, 4.69) is 10.6 Å². The number of hydrogen-bond donors (Lipinski definition) is 2. The molecule has 2 rings (SSSR count). The average molecular weight is 293 g/mol. The fourth-order valence-electron chi connectivity index (χ4n) is 1.80. The summed E-state index contributed by atoms with van der Waals surface area (Å²) < 4.78 is 13.5. The lowest BCUT2D eigenvalue weighted by Gasteiger charge is -2.12. The van der Waals surface area contributed by atoms with Crippen molar-refractivity contribution in [1.82, 2.24) is 0 Å². The third-order valence-corrected chi connectivity index (χ3v) is 2.95. The van der Waals surface area contributed by atoms with Gasteiger partial charge in [0, 0.05) is 17.3 Å². The summed E-state index contributed by atoms with van der Waals surface area (Å²) in [5, 5.41) is 6.06. The van der Waals surface area contributed by atoms with Crippen LogP contribution in [0.15, 0.2) is 42.5 Å². The van der Waals surface area contributed by atoms with E-state index in [0.29, 0.717) is 22.8 Å². The first kappa shape index (κ1) is 14.3. The van der Waals surface area contributed by atoms with Crippen LogP contribution < -0.4 is 10.6 Å². The second-order valence-corrected chi connectivity index (χ2v) is 4.59. The van der Waals surface area contributed by atoms with E-state index in [0.717, 1.165) is 0 Å². The minimum Gasteiger partial charge on any atom is -0.385 e. The predicted molar refractivity (Wildman–Crippen MR) is 80.0 cm³/mol. The highest BCUT2D eigenvalue weighted by molar-refractivity contribution is 6.31. The molecule has 0 radical (unpaired) electrons. The summed E-state index contributed by atoms with van der Waals surface area (Å²) in [6.07, 6.45) is 0. The van der Waals surface area contributed by atoms with E-state index in [1.165, 1.54) is 12.1 Å². The highest BCUT2D eigenvalue weighted by Gasteiger charge is 2.13. The molecular formula is C15H14ClFN2O. The Morgan fingerprint density at radius 1 is 1.20 bits per heavy atom. The normalized spacial score (nSPS) is 10.2. The molecule has 20 heavy (non-hydrogen) atoms. The summed E-state index contributed by atoms with van der Waals surface area (Å²) in [7, 11) is 0. The second-order valence-electron chi connectivity index (χ2n) is 4.15. The zero-order chi connectivity index (χ0) is 14.5. The molecule has 0 heterocycles. The molecule has 0 aromatic heterocycles. The molecule has 2 N–H and O–H groups in total. The Labute approximate surface area is 121 Å². The molecule has 0 bridgehead atoms. The third-order valence-electron chi connectivity index (χ3n) is 2.72. The number of amides is 1. The first-order valence-electron chi connectivity index (χ1n) is 6.21. The maximum Gasteiger partial charge on any atom is 0.257 e. The minimum atomic E-state index is -0.479. The van der Waals surface area contributed by atoms with Crippen LogP contribution in [0.25, 0.3) is 0 Å². The molecule has 3 nitrogen and oxygen atoms in total. The standard InChI is InChI=1S/C15H14ClFN2O/c1-2-18-13-8-7-10(16)9-11(13)15(20)19-14-6-4-3-5-12(14)17/h3-9,18H,2H2,1H3,(H,19,20). The van der Waals surface area contributed by atoms with Gasteiger partial charge in [0.15, 0.2) is 0 Å². The zero-order valence-electron chi connectivity index (χ0n) is 10.9. The fraction of sp³-hybridized carbons (Fsp3) is 0.133. The van der Waals surface area contributed by atoms with Crippen LogP contribution in [-0.2, 0) is 0 Å². The number of para-hydroxylation sites is 1. The molecule has 0 spiro atoms. The van der Waals surface area contributed by atoms with E-state index >= 15 is 0 Å². The summed E-state index contributed by atoms with van der Waals surface area (Å²) in [5.74, 6) is -0.888. The summed E-state index contributed by atoms with van der Waals surface area (Å²) in [4.78, 5) is 12.2. The molecule has 5 heteroatoms. The molecule has 0 fully saturated rings. The number of nitrogens with one attached hydrogen (secondary N) is 2. The summed E-state index contributed by atoms with van der Waals surface area (Å²) in [6.45, 7) is 2.59. The Kier molecular flexibility index (Phi) is 4.58. The zero-order valence-corrected chi connectivity index (χ0v) is 11.7. The molecule has 0 unspecified atom stereocenters. The monoisotopic (exact) mass is 292 g/mol. The van der Waals surface area contributed by atoms with Crippen molar-refractivity contribution < 1.29 is 9.18 Å². The van der Waals surface area contributed by atoms with Gasteiger partial charge in [-0.15, -0.1) is 0 Å². The van der Waals surface area contributed by atoms with Crippen molar-refractivity contribution in [3.8, 4) is 0 Å². The lowest BCUT2D eigenvalue weighted by molar-refractivity contribution is 0.102. The number of carbonyl (C=O) groups is 1. The lowest BCUT2D eigenvalue weighted by Crippen LogP contribution is -2.15. The Morgan fingerprint density at radius 3 is 2.65 bits per heavy atom. The Bertz CT molecular complexity index is 631. The first-order valence-corrected chi connectivity index (χ1v) is 6.59. The molecule has 0 aliphatic rings. The number of halogens is 2. The molecule has 0 atom stereocenters. The molecule has 2 aromatic rings. The van der Waals surface area contributed by atoms with Gasteiger partial charge in [0.2, 0.25) is 0 Å². The van der Waals surface area contributed by atoms with Crippen LogP contribution in [-0.4, -0.2) is 12.5 Å². The van der Waals surface area contributed by atoms with Crippen LogP contribution >= 0.6 is 11.6 Å². The highest BCUT2D eigenvalue weighted by Crippen LogP contribution is 2.22. The molecule has 104 valence electrons. The molecular weight excluding hydrogens is 279 g/mol. The summed E-state index contributed by atoms with van der Waals surface area (Å²) in [6, 6.07) is 11.0. The maximum absolute atomic E-state index is 13.5. The van der Waals surface area contributed by atoms with E-state index in [1.54, 1.807) is 30.3 Å². The van der Waals surface area contributed by atoms with Crippen molar-refractivity contribution in [2.24, 2.45) is 0 Å². The van der Waals surface area contributed by atoms with E-state index in [-0.39, 0.29) is 5.69 Å². The molecule has 0 saturated heterocycles. The Morgan fingerprint density at radius 2 is 1.95 bits per heavy atom. The average Bonchev–Trinajstić information content (AvgIpc) is 2.43. The largest absolute Gasteiger partial charge is 0.385 e. The van der Waals surface area contributed by atoms with Crippen molar-refractivity contribution in [3.05, 3.63) is 58.9 Å². The van der Waals surface area contributed by atoms with Crippen LogP contribution in [0, 0.1) is 5.82 Å². The molecule has 0 saturated carbocycles. The fourth-order valence-corrected chi connectivity index (χ4v) is 1.97. The molecule has 1 amide bonds. The smallest absolute Gasteiger partial charge is 0.257 e. The first-order chi connectivity index (χ1) is 9.61. The maximum atomic E-state index is 13.5. The van der Waals surface area contributed by atoms with Gasteiger partial charge < -0.3 is 10.6 Å². The van der Waals surface area contributed by atoms with Gasteiger partial charge in [-0.2, -0.15) is 0 Å². The van der Waals surface area contributed by atoms with Crippen molar-refractivity contribution in [3.63, 3.8) is 0 Å². The molecule has 0 aliphatic heterocycles. The number of benzene rings is 2. The van der Waals surface area contributed by atoms with Gasteiger partial charge in [0.25, 0.3) is 5.91 Å². The predicted octanol–water partition coefficient (Wildman–Crippen LogP) is 4.16. The third kappa shape index (κ3) is 3.27. The molecule has 2 aromatic carbocycles. The van der Waals surface area contributed by atoms with Gasteiger partial charge in [-0.25, -0.2) is 4.39 Å². The number of carbonyl (C=O) groups excluding carboxylic acids is 1. The van der Waals surface area contributed by atoms with Gasteiger partial charge >= 0.3 is 0 Å². The van der Waals surface area contributed by atoms with Gasteiger partial charge in [-0.3, -0.25) is 4.79 Å². The van der Waals surface area contributed by atoms with E-state index < -0.39 is 11.7 Å². The SMILES string of the molecule is CCNc1ccc(Cl)cc1C(=O)Nc1ccccc1F. The van der Waals surface area contributed by atoms with Crippen LogP contribution in [0.2, 0.25) is 5.02 Å². The topological polar surface area (TPSA) is 41.1 Å². The van der Waals surface area contributed by atoms with Crippen molar-refractivity contribution in [2.75, 3.05) is 17.2 Å². The van der Waals surface area contributed by atoms with E-state index in [4.69, 9.17) is 11.6 Å².